The van der Waals surface area contributed by atoms with E-state index in [1.165, 1.54) is 6.92 Å². The SMILES string of the molecule is C[C@@]1(NC(=O)CC[N+]23CCN(CC2)CC3)CS(=O)(=O)C[C@@H]1S(=O)(=O)O. The molecule has 0 radical (unpaired) electrons. The highest BCUT2D eigenvalue weighted by molar-refractivity contribution is 7.94. The minimum absolute atomic E-state index is 0.216. The van der Waals surface area contributed by atoms with Crippen molar-refractivity contribution >= 4 is 25.9 Å². The molecule has 4 aliphatic heterocycles. The molecule has 144 valence electrons. The standard InChI is InChI=1S/C14H25N3O6S2/c1-14(11-24(19,20)10-12(14)25(21,22)23)15-13(18)2-6-17-7-3-16(4-8-17)5-9-17/h12H,2-11H2,1H3,(H-,15,18,21,22,23)/p+1/t12-,14+/m0/s1. The van der Waals surface area contributed by atoms with Crippen LogP contribution in [0.15, 0.2) is 0 Å². The molecule has 9 nitrogen and oxygen atoms in total. The van der Waals surface area contributed by atoms with E-state index in [9.17, 15) is 26.2 Å². The van der Waals surface area contributed by atoms with E-state index in [4.69, 9.17) is 0 Å². The molecule has 1 amide bonds. The number of carbonyl (C=O) groups is 1. The van der Waals surface area contributed by atoms with Crippen molar-refractivity contribution < 1.29 is 30.7 Å². The Morgan fingerprint density at radius 3 is 2.36 bits per heavy atom. The Morgan fingerprint density at radius 2 is 1.84 bits per heavy atom. The third-order valence-corrected chi connectivity index (χ3v) is 9.40. The maximum atomic E-state index is 12.4. The van der Waals surface area contributed by atoms with E-state index in [1.807, 2.05) is 0 Å². The van der Waals surface area contributed by atoms with Gasteiger partial charge in [0.25, 0.3) is 10.1 Å². The summed E-state index contributed by atoms with van der Waals surface area (Å²) in [5, 5.41) is 1.06. The van der Waals surface area contributed by atoms with Crippen LogP contribution in [0.2, 0.25) is 0 Å². The number of amides is 1. The Hall–Kier alpha value is -0.750. The molecule has 0 spiro atoms. The summed E-state index contributed by atoms with van der Waals surface area (Å²) in [5.41, 5.74) is -1.50. The van der Waals surface area contributed by atoms with E-state index in [-0.39, 0.29) is 12.3 Å². The van der Waals surface area contributed by atoms with Gasteiger partial charge in [-0.1, -0.05) is 0 Å². The number of rotatable bonds is 5. The lowest BCUT2D eigenvalue weighted by Gasteiger charge is -2.50. The van der Waals surface area contributed by atoms with Gasteiger partial charge in [0.15, 0.2) is 9.84 Å². The molecule has 0 unspecified atom stereocenters. The Balaban J connectivity index is 1.65. The number of carbonyl (C=O) groups excluding carboxylic acids is 1. The van der Waals surface area contributed by atoms with Gasteiger partial charge in [0, 0.05) is 19.6 Å². The van der Waals surface area contributed by atoms with Crippen molar-refractivity contribution in [2.75, 3.05) is 57.3 Å². The fourth-order valence-electron chi connectivity index (χ4n) is 4.34. The second-order valence-corrected chi connectivity index (χ2v) is 11.6. The van der Waals surface area contributed by atoms with Crippen LogP contribution >= 0.6 is 0 Å². The molecule has 2 atom stereocenters. The van der Waals surface area contributed by atoms with Crippen molar-refractivity contribution in [1.29, 1.82) is 0 Å². The second kappa shape index (κ2) is 6.15. The number of quaternary nitrogens is 1. The van der Waals surface area contributed by atoms with Crippen molar-refractivity contribution in [3.63, 3.8) is 0 Å². The molecule has 4 aliphatic rings. The molecular weight excluding hydrogens is 370 g/mol. The molecule has 4 fully saturated rings. The molecule has 0 saturated carbocycles. The van der Waals surface area contributed by atoms with Crippen molar-refractivity contribution in [3.05, 3.63) is 0 Å². The molecule has 2 bridgehead atoms. The molecule has 0 aromatic carbocycles. The van der Waals surface area contributed by atoms with Gasteiger partial charge in [-0.05, 0) is 6.92 Å². The maximum Gasteiger partial charge on any atom is 0.271 e. The Bertz CT molecular complexity index is 744. The zero-order valence-corrected chi connectivity index (χ0v) is 16.0. The molecule has 11 heteroatoms. The number of nitrogens with one attached hydrogen (secondary N) is 1. The molecule has 0 aromatic heterocycles. The van der Waals surface area contributed by atoms with Gasteiger partial charge in [-0.2, -0.15) is 8.42 Å². The Morgan fingerprint density at radius 1 is 1.28 bits per heavy atom. The van der Waals surface area contributed by atoms with Crippen molar-refractivity contribution in [2.45, 2.75) is 24.1 Å². The van der Waals surface area contributed by atoms with E-state index in [2.05, 4.69) is 10.2 Å². The summed E-state index contributed by atoms with van der Waals surface area (Å²) in [7, 11) is -8.22. The zero-order chi connectivity index (χ0) is 18.5. The molecule has 4 saturated heterocycles. The van der Waals surface area contributed by atoms with Gasteiger partial charge in [0.2, 0.25) is 5.91 Å². The lowest BCUT2D eigenvalue weighted by Crippen LogP contribution is -2.67. The Labute approximate surface area is 148 Å². The predicted octanol–water partition coefficient (Wildman–Crippen LogP) is -1.92. The number of fused-ring (bicyclic) bond motifs is 3. The third kappa shape index (κ3) is 4.00. The summed E-state index contributed by atoms with van der Waals surface area (Å²) in [6.45, 7) is 8.15. The first kappa shape index (κ1) is 19.0. The van der Waals surface area contributed by atoms with Gasteiger partial charge >= 0.3 is 0 Å². The minimum Gasteiger partial charge on any atom is -0.348 e. The first-order valence-corrected chi connectivity index (χ1v) is 11.8. The zero-order valence-electron chi connectivity index (χ0n) is 14.3. The van der Waals surface area contributed by atoms with E-state index < -0.39 is 42.2 Å². The molecule has 0 aromatic rings. The summed E-state index contributed by atoms with van der Waals surface area (Å²) in [6, 6.07) is 0. The van der Waals surface area contributed by atoms with Crippen LogP contribution in [0.1, 0.15) is 13.3 Å². The van der Waals surface area contributed by atoms with Crippen LogP contribution in [-0.4, -0.2) is 105 Å². The number of sulfone groups is 1. The predicted molar refractivity (Wildman–Crippen MR) is 91.3 cm³/mol. The van der Waals surface area contributed by atoms with Gasteiger partial charge in [0.1, 0.15) is 5.25 Å². The van der Waals surface area contributed by atoms with Gasteiger partial charge < -0.3 is 9.80 Å². The molecule has 4 rings (SSSR count). The summed E-state index contributed by atoms with van der Waals surface area (Å²) in [4.78, 5) is 14.8. The normalized spacial score (nSPS) is 40.1. The number of hydrogen-bond donors (Lipinski definition) is 2. The van der Waals surface area contributed by atoms with Crippen molar-refractivity contribution in [3.8, 4) is 0 Å². The van der Waals surface area contributed by atoms with E-state index in [0.717, 1.165) is 43.8 Å². The number of nitrogens with zero attached hydrogens (tertiary/aromatic N) is 2. The topological polar surface area (TPSA) is 121 Å². The quantitative estimate of drug-likeness (QED) is 0.411. The largest absolute Gasteiger partial charge is 0.348 e. The molecule has 0 aliphatic carbocycles. The van der Waals surface area contributed by atoms with Crippen LogP contribution in [-0.2, 0) is 24.7 Å². The van der Waals surface area contributed by atoms with Crippen molar-refractivity contribution in [2.24, 2.45) is 0 Å². The Kier molecular flexibility index (Phi) is 4.68. The van der Waals surface area contributed by atoms with Gasteiger partial charge in [-0.3, -0.25) is 14.2 Å². The fraction of sp³-hybridized carbons (Fsp3) is 0.929. The van der Waals surface area contributed by atoms with Gasteiger partial charge in [-0.15, -0.1) is 0 Å². The maximum absolute atomic E-state index is 12.4. The van der Waals surface area contributed by atoms with Crippen LogP contribution in [0, 0.1) is 0 Å². The van der Waals surface area contributed by atoms with Crippen LogP contribution in [0.3, 0.4) is 0 Å². The number of piperazine rings is 3. The lowest BCUT2D eigenvalue weighted by molar-refractivity contribution is -0.940. The fourth-order valence-corrected chi connectivity index (χ4v) is 8.69. The molecule has 4 heterocycles. The summed E-state index contributed by atoms with van der Waals surface area (Å²) in [6.07, 6.45) is 0.216. The monoisotopic (exact) mass is 396 g/mol. The first-order valence-electron chi connectivity index (χ1n) is 8.48. The van der Waals surface area contributed by atoms with Gasteiger partial charge in [0.05, 0.1) is 49.6 Å². The number of hydrogen-bond acceptors (Lipinski definition) is 6. The van der Waals surface area contributed by atoms with Crippen LogP contribution in [0.4, 0.5) is 0 Å². The van der Waals surface area contributed by atoms with E-state index in [0.29, 0.717) is 6.54 Å². The second-order valence-electron chi connectivity index (χ2n) is 7.85. The summed E-state index contributed by atoms with van der Waals surface area (Å²) < 4.78 is 57.1. The van der Waals surface area contributed by atoms with Crippen LogP contribution < -0.4 is 5.32 Å². The molecule has 25 heavy (non-hydrogen) atoms. The van der Waals surface area contributed by atoms with Gasteiger partial charge in [-0.25, -0.2) is 8.42 Å². The van der Waals surface area contributed by atoms with Crippen molar-refractivity contribution in [1.82, 2.24) is 10.2 Å². The molecular formula is C14H26N3O6S2+. The average Bonchev–Trinajstić information content (AvgIpc) is 2.76. The van der Waals surface area contributed by atoms with E-state index >= 15 is 0 Å². The highest BCUT2D eigenvalue weighted by atomic mass is 32.2. The molecule has 2 N–H and O–H groups in total. The lowest BCUT2D eigenvalue weighted by atomic mass is 10.0. The smallest absolute Gasteiger partial charge is 0.271 e. The summed E-state index contributed by atoms with van der Waals surface area (Å²) in [5.74, 6) is -1.52. The minimum atomic E-state index is -4.58. The van der Waals surface area contributed by atoms with Crippen LogP contribution in [0.25, 0.3) is 0 Å². The highest BCUT2D eigenvalue weighted by Gasteiger charge is 2.54. The van der Waals surface area contributed by atoms with E-state index in [1.54, 1.807) is 0 Å². The third-order valence-electron chi connectivity index (χ3n) is 5.91. The average molecular weight is 397 g/mol. The first-order chi connectivity index (χ1) is 11.4. The summed E-state index contributed by atoms with van der Waals surface area (Å²) >= 11 is 0. The van der Waals surface area contributed by atoms with Crippen LogP contribution in [0.5, 0.6) is 0 Å². The highest BCUT2D eigenvalue weighted by Crippen LogP contribution is 2.29.